The van der Waals surface area contributed by atoms with Gasteiger partial charge in [-0.25, -0.2) is 9.59 Å². The maximum atomic E-state index is 13.0. The van der Waals surface area contributed by atoms with E-state index in [1.54, 1.807) is 7.11 Å². The first-order chi connectivity index (χ1) is 16.9. The smallest absolute Gasteiger partial charge is 0.407 e. The van der Waals surface area contributed by atoms with Crippen LogP contribution in [0.4, 0.5) is 4.79 Å². The lowest BCUT2D eigenvalue weighted by molar-refractivity contribution is -0.146. The molecule has 4 rings (SSSR count). The summed E-state index contributed by atoms with van der Waals surface area (Å²) >= 11 is 0. The average molecular weight is 481 g/mol. The summed E-state index contributed by atoms with van der Waals surface area (Å²) in [6.07, 6.45) is 2.26. The van der Waals surface area contributed by atoms with Crippen LogP contribution in [0, 0.1) is 5.41 Å². The Hall–Kier alpha value is -3.39. The second-order valence-electron chi connectivity index (χ2n) is 9.31. The summed E-state index contributed by atoms with van der Waals surface area (Å²) in [5.74, 6) is -1.46. The van der Waals surface area contributed by atoms with Crippen molar-refractivity contribution in [3.05, 3.63) is 59.7 Å². The molecule has 0 spiro atoms. The van der Waals surface area contributed by atoms with E-state index in [0.29, 0.717) is 25.9 Å². The van der Waals surface area contributed by atoms with E-state index < -0.39 is 23.5 Å². The van der Waals surface area contributed by atoms with Crippen LogP contribution in [0.5, 0.6) is 0 Å². The third kappa shape index (κ3) is 5.32. The first-order valence-electron chi connectivity index (χ1n) is 12.1. The molecule has 0 bridgehead atoms. The van der Waals surface area contributed by atoms with E-state index in [2.05, 4.69) is 34.9 Å². The van der Waals surface area contributed by atoms with Crippen LogP contribution in [0.25, 0.3) is 11.1 Å². The predicted octanol–water partition coefficient (Wildman–Crippen LogP) is 3.69. The number of fused-ring (bicyclic) bond motifs is 3. The molecule has 0 saturated heterocycles. The molecular weight excluding hydrogens is 448 g/mol. The highest BCUT2D eigenvalue weighted by Crippen LogP contribution is 2.44. The van der Waals surface area contributed by atoms with Crippen molar-refractivity contribution >= 4 is 18.0 Å². The van der Waals surface area contributed by atoms with Crippen molar-refractivity contribution < 1.29 is 29.0 Å². The number of hydrogen-bond donors (Lipinski definition) is 3. The van der Waals surface area contributed by atoms with Gasteiger partial charge in [0.2, 0.25) is 5.91 Å². The van der Waals surface area contributed by atoms with Gasteiger partial charge in [-0.1, -0.05) is 55.0 Å². The van der Waals surface area contributed by atoms with Crippen molar-refractivity contribution in [3.63, 3.8) is 0 Å². The summed E-state index contributed by atoms with van der Waals surface area (Å²) in [6, 6.07) is 15.3. The van der Waals surface area contributed by atoms with E-state index in [-0.39, 0.29) is 31.4 Å². The van der Waals surface area contributed by atoms with Gasteiger partial charge >= 0.3 is 12.1 Å². The minimum absolute atomic E-state index is 0.0439. The standard InChI is InChI=1S/C27H32N2O6/c1-34-15-6-12-23(24(30)31)29-25(32)27(13-7-14-27)17-28-26(33)35-16-22-20-10-4-2-8-18(20)19-9-3-5-11-21(19)22/h2-5,8-11,22-23H,6-7,12-17H2,1H3,(H,28,33)(H,29,32)(H,30,31). The Morgan fingerprint density at radius 3 is 2.23 bits per heavy atom. The zero-order chi connectivity index (χ0) is 24.8. The molecule has 2 aromatic rings. The Bertz CT molecular complexity index is 1040. The number of ether oxygens (including phenoxy) is 2. The maximum Gasteiger partial charge on any atom is 0.407 e. The molecule has 2 aromatic carbocycles. The molecule has 35 heavy (non-hydrogen) atoms. The van der Waals surface area contributed by atoms with Crippen LogP contribution >= 0.6 is 0 Å². The lowest BCUT2D eigenvalue weighted by atomic mass is 9.68. The van der Waals surface area contributed by atoms with Crippen molar-refractivity contribution in [2.75, 3.05) is 26.9 Å². The van der Waals surface area contributed by atoms with Gasteiger partial charge in [0.1, 0.15) is 12.6 Å². The van der Waals surface area contributed by atoms with Crippen LogP contribution in [-0.2, 0) is 19.1 Å². The number of methoxy groups -OCH3 is 1. The lowest BCUT2D eigenvalue weighted by Gasteiger charge is -2.40. The number of benzene rings is 2. The fourth-order valence-corrected chi connectivity index (χ4v) is 4.98. The minimum atomic E-state index is -1.08. The maximum absolute atomic E-state index is 13.0. The van der Waals surface area contributed by atoms with Gasteiger partial charge in [-0.05, 0) is 47.9 Å². The molecule has 1 atom stereocenters. The van der Waals surface area contributed by atoms with E-state index in [1.165, 1.54) is 0 Å². The van der Waals surface area contributed by atoms with Crippen molar-refractivity contribution in [2.45, 2.75) is 44.1 Å². The molecule has 0 radical (unpaired) electrons. The average Bonchev–Trinajstić information content (AvgIpc) is 3.15. The Kier molecular flexibility index (Phi) is 7.70. The lowest BCUT2D eigenvalue weighted by Crippen LogP contribution is -2.55. The molecule has 2 aliphatic rings. The van der Waals surface area contributed by atoms with Gasteiger partial charge in [0.25, 0.3) is 0 Å². The zero-order valence-corrected chi connectivity index (χ0v) is 19.9. The summed E-state index contributed by atoms with van der Waals surface area (Å²) in [5.41, 5.74) is 3.76. The Labute approximate surface area is 205 Å². The van der Waals surface area contributed by atoms with Crippen molar-refractivity contribution in [2.24, 2.45) is 5.41 Å². The van der Waals surface area contributed by atoms with Crippen LogP contribution in [0.2, 0.25) is 0 Å². The quantitative estimate of drug-likeness (QED) is 0.423. The van der Waals surface area contributed by atoms with Gasteiger partial charge in [-0.15, -0.1) is 0 Å². The normalized spacial score (nSPS) is 16.4. The van der Waals surface area contributed by atoms with E-state index >= 15 is 0 Å². The summed E-state index contributed by atoms with van der Waals surface area (Å²) in [5, 5.41) is 14.9. The van der Waals surface area contributed by atoms with Gasteiger partial charge in [0.15, 0.2) is 0 Å². The summed E-state index contributed by atoms with van der Waals surface area (Å²) in [6.45, 7) is 0.730. The molecular formula is C27H32N2O6. The van der Waals surface area contributed by atoms with Crippen LogP contribution < -0.4 is 10.6 Å². The first kappa shape index (κ1) is 24.7. The fraction of sp³-hybridized carbons (Fsp3) is 0.444. The summed E-state index contributed by atoms with van der Waals surface area (Å²) < 4.78 is 10.6. The molecule has 0 aromatic heterocycles. The first-order valence-corrected chi connectivity index (χ1v) is 12.1. The highest BCUT2D eigenvalue weighted by molar-refractivity contribution is 5.88. The second-order valence-corrected chi connectivity index (χ2v) is 9.31. The van der Waals surface area contributed by atoms with Crippen LogP contribution in [0.3, 0.4) is 0 Å². The Morgan fingerprint density at radius 2 is 1.69 bits per heavy atom. The number of alkyl carbamates (subject to hydrolysis) is 1. The van der Waals surface area contributed by atoms with E-state index in [0.717, 1.165) is 28.7 Å². The molecule has 1 fully saturated rings. The summed E-state index contributed by atoms with van der Waals surface area (Å²) in [4.78, 5) is 37.1. The van der Waals surface area contributed by atoms with Crippen LogP contribution in [0.1, 0.15) is 49.1 Å². The van der Waals surface area contributed by atoms with Gasteiger partial charge < -0.3 is 25.2 Å². The largest absolute Gasteiger partial charge is 0.480 e. The van der Waals surface area contributed by atoms with Crippen molar-refractivity contribution in [1.82, 2.24) is 10.6 Å². The fourth-order valence-electron chi connectivity index (χ4n) is 4.98. The highest BCUT2D eigenvalue weighted by Gasteiger charge is 2.45. The highest BCUT2D eigenvalue weighted by atomic mass is 16.5. The molecule has 186 valence electrons. The molecule has 2 amide bonds. The monoisotopic (exact) mass is 480 g/mol. The number of amides is 2. The number of carbonyl (C=O) groups is 3. The molecule has 2 aliphatic carbocycles. The number of hydrogen-bond acceptors (Lipinski definition) is 5. The van der Waals surface area contributed by atoms with Gasteiger partial charge in [-0.3, -0.25) is 4.79 Å². The Morgan fingerprint density at radius 1 is 1.06 bits per heavy atom. The SMILES string of the molecule is COCCCC(NC(=O)C1(CNC(=O)OCC2c3ccccc3-c3ccccc32)CCC1)C(=O)O. The van der Waals surface area contributed by atoms with Crippen LogP contribution in [-0.4, -0.2) is 56.0 Å². The van der Waals surface area contributed by atoms with Gasteiger partial charge in [-0.2, -0.15) is 0 Å². The number of carboxylic acid groups (broad SMARTS) is 1. The molecule has 1 saturated carbocycles. The molecule has 0 aliphatic heterocycles. The second kappa shape index (κ2) is 10.9. The number of rotatable bonds is 11. The van der Waals surface area contributed by atoms with Gasteiger partial charge in [0, 0.05) is 26.2 Å². The van der Waals surface area contributed by atoms with E-state index in [4.69, 9.17) is 9.47 Å². The molecule has 8 heteroatoms. The number of carbonyl (C=O) groups excluding carboxylic acids is 2. The topological polar surface area (TPSA) is 114 Å². The van der Waals surface area contributed by atoms with Crippen molar-refractivity contribution in [1.29, 1.82) is 0 Å². The Balaban J connectivity index is 1.32. The molecule has 8 nitrogen and oxygen atoms in total. The molecule has 0 heterocycles. The summed E-state index contributed by atoms with van der Waals surface area (Å²) in [7, 11) is 1.55. The minimum Gasteiger partial charge on any atom is -0.480 e. The van der Waals surface area contributed by atoms with Crippen LogP contribution in [0.15, 0.2) is 48.5 Å². The third-order valence-electron chi connectivity index (χ3n) is 7.15. The number of carboxylic acids is 1. The van der Waals surface area contributed by atoms with Gasteiger partial charge in [0.05, 0.1) is 5.41 Å². The molecule has 3 N–H and O–H groups in total. The van der Waals surface area contributed by atoms with E-state index in [9.17, 15) is 19.5 Å². The third-order valence-corrected chi connectivity index (χ3v) is 7.15. The predicted molar refractivity (Wildman–Crippen MR) is 130 cm³/mol. The van der Waals surface area contributed by atoms with Crippen molar-refractivity contribution in [3.8, 4) is 11.1 Å². The number of aliphatic carboxylic acids is 1. The zero-order valence-electron chi connectivity index (χ0n) is 19.9. The van der Waals surface area contributed by atoms with E-state index in [1.807, 2.05) is 24.3 Å². The number of nitrogens with one attached hydrogen (secondary N) is 2. The molecule has 1 unspecified atom stereocenters.